The Morgan fingerprint density at radius 3 is 2.67 bits per heavy atom. The van der Waals surface area contributed by atoms with Crippen molar-refractivity contribution in [3.8, 4) is 0 Å². The molecule has 1 aromatic rings. The van der Waals surface area contributed by atoms with Gasteiger partial charge in [-0.1, -0.05) is 6.92 Å². The van der Waals surface area contributed by atoms with Crippen molar-refractivity contribution < 1.29 is 5.11 Å². The second-order valence-electron chi connectivity index (χ2n) is 3.75. The van der Waals surface area contributed by atoms with Crippen molar-refractivity contribution in [2.75, 3.05) is 6.54 Å². The number of nitrogens with zero attached hydrogens (tertiary/aromatic N) is 2. The molecule has 0 bridgehead atoms. The number of nitrogens with two attached hydrogens (primary N) is 1. The van der Waals surface area contributed by atoms with E-state index in [1.165, 1.54) is 0 Å². The fourth-order valence-electron chi connectivity index (χ4n) is 1.25. The molecule has 3 N–H and O–H groups in total. The van der Waals surface area contributed by atoms with E-state index in [1.807, 2.05) is 26.4 Å². The summed E-state index contributed by atoms with van der Waals surface area (Å²) in [6, 6.07) is 0. The second-order valence-corrected chi connectivity index (χ2v) is 5.34. The molecule has 0 fully saturated rings. The van der Waals surface area contributed by atoms with Crippen LogP contribution in [0.25, 0.3) is 0 Å². The molecule has 0 aliphatic rings. The topological polar surface area (TPSA) is 64.1 Å². The van der Waals surface area contributed by atoms with Gasteiger partial charge in [0.05, 0.1) is 12.3 Å². The van der Waals surface area contributed by atoms with Crippen molar-refractivity contribution in [3.05, 3.63) is 18.0 Å². The third kappa shape index (κ3) is 3.52. The van der Waals surface area contributed by atoms with Crippen LogP contribution in [0.3, 0.4) is 0 Å². The Hall–Kier alpha value is -0.520. The normalized spacial score (nSPS) is 17.4. The Bertz CT molecular complexity index is 301. The van der Waals surface area contributed by atoms with Crippen LogP contribution in [-0.4, -0.2) is 32.8 Å². The Morgan fingerprint density at radius 2 is 2.27 bits per heavy atom. The van der Waals surface area contributed by atoms with Crippen molar-refractivity contribution in [1.82, 2.24) is 9.78 Å². The zero-order valence-corrected chi connectivity index (χ0v) is 10.2. The van der Waals surface area contributed by atoms with Crippen LogP contribution in [0.5, 0.6) is 0 Å². The number of aryl methyl sites for hydroxylation is 1. The molecule has 15 heavy (non-hydrogen) atoms. The average molecular weight is 229 g/mol. The van der Waals surface area contributed by atoms with Crippen molar-refractivity contribution in [1.29, 1.82) is 0 Å². The van der Waals surface area contributed by atoms with Gasteiger partial charge in [-0.2, -0.15) is 5.10 Å². The first-order valence-electron chi connectivity index (χ1n) is 5.06. The van der Waals surface area contributed by atoms with Gasteiger partial charge in [-0.15, -0.1) is 11.8 Å². The first-order valence-corrected chi connectivity index (χ1v) is 6.01. The Kier molecular flexibility index (Phi) is 4.63. The summed E-state index contributed by atoms with van der Waals surface area (Å²) in [4.78, 5) is 0. The minimum absolute atomic E-state index is 0.179. The maximum absolute atomic E-state index is 9.43. The summed E-state index contributed by atoms with van der Waals surface area (Å²) >= 11 is 1.69. The number of hydrogen-bond acceptors (Lipinski definition) is 4. The molecule has 3 unspecified atom stereocenters. The van der Waals surface area contributed by atoms with E-state index in [4.69, 9.17) is 5.73 Å². The number of thioether (sulfide) groups is 1. The fourth-order valence-corrected chi connectivity index (χ4v) is 2.39. The highest BCUT2D eigenvalue weighted by molar-refractivity contribution is 8.00. The third-order valence-electron chi connectivity index (χ3n) is 2.37. The minimum Gasteiger partial charge on any atom is -0.392 e. The highest BCUT2D eigenvalue weighted by atomic mass is 32.2. The molecular formula is C10H19N3OS. The van der Waals surface area contributed by atoms with Gasteiger partial charge in [0.15, 0.2) is 0 Å². The van der Waals surface area contributed by atoms with Gasteiger partial charge >= 0.3 is 0 Å². The molecule has 86 valence electrons. The Labute approximate surface area is 94.9 Å². The molecule has 1 aromatic heterocycles. The summed E-state index contributed by atoms with van der Waals surface area (Å²) in [5, 5.41) is 13.9. The van der Waals surface area contributed by atoms with Gasteiger partial charge in [0.25, 0.3) is 0 Å². The summed E-state index contributed by atoms with van der Waals surface area (Å²) < 4.78 is 1.77. The lowest BCUT2D eigenvalue weighted by atomic mass is 10.2. The van der Waals surface area contributed by atoms with Gasteiger partial charge in [-0.3, -0.25) is 4.68 Å². The van der Waals surface area contributed by atoms with Crippen LogP contribution in [0.15, 0.2) is 12.4 Å². The summed E-state index contributed by atoms with van der Waals surface area (Å²) in [5.41, 5.74) is 6.85. The molecule has 0 aliphatic carbocycles. The van der Waals surface area contributed by atoms with Gasteiger partial charge in [-0.05, 0) is 6.92 Å². The first kappa shape index (κ1) is 12.5. The van der Waals surface area contributed by atoms with Crippen LogP contribution < -0.4 is 5.73 Å². The molecule has 4 nitrogen and oxygen atoms in total. The van der Waals surface area contributed by atoms with E-state index in [2.05, 4.69) is 5.10 Å². The van der Waals surface area contributed by atoms with Crippen LogP contribution in [0, 0.1) is 0 Å². The lowest BCUT2D eigenvalue weighted by Gasteiger charge is -2.20. The Morgan fingerprint density at radius 1 is 1.60 bits per heavy atom. The summed E-state index contributed by atoms with van der Waals surface area (Å²) in [5.74, 6) is 0. The maximum Gasteiger partial charge on any atom is 0.0628 e. The van der Waals surface area contributed by atoms with E-state index in [0.29, 0.717) is 6.54 Å². The van der Waals surface area contributed by atoms with Crippen LogP contribution in [0.4, 0.5) is 0 Å². The SMILES string of the molecule is CC(O)C(C)SC(CN)c1cnn(C)c1. The molecule has 0 aliphatic heterocycles. The quantitative estimate of drug-likeness (QED) is 0.788. The van der Waals surface area contributed by atoms with E-state index in [9.17, 15) is 5.11 Å². The monoisotopic (exact) mass is 229 g/mol. The zero-order chi connectivity index (χ0) is 11.4. The zero-order valence-electron chi connectivity index (χ0n) is 9.42. The third-order valence-corrected chi connectivity index (χ3v) is 3.99. The summed E-state index contributed by atoms with van der Waals surface area (Å²) in [6.07, 6.45) is 3.49. The van der Waals surface area contributed by atoms with Crippen LogP contribution >= 0.6 is 11.8 Å². The van der Waals surface area contributed by atoms with Gasteiger partial charge in [0.1, 0.15) is 0 Å². The number of aliphatic hydroxyl groups is 1. The standard InChI is InChI=1S/C10H19N3OS/c1-7(14)8(2)15-10(4-11)9-5-12-13(3)6-9/h5-8,10,14H,4,11H2,1-3H3. The van der Waals surface area contributed by atoms with Crippen LogP contribution in [0.1, 0.15) is 24.7 Å². The van der Waals surface area contributed by atoms with Gasteiger partial charge in [0, 0.05) is 35.9 Å². The van der Waals surface area contributed by atoms with Crippen LogP contribution in [-0.2, 0) is 7.05 Å². The molecule has 0 radical (unpaired) electrons. The summed E-state index contributed by atoms with van der Waals surface area (Å²) in [7, 11) is 1.89. The van der Waals surface area contributed by atoms with E-state index < -0.39 is 0 Å². The maximum atomic E-state index is 9.43. The largest absolute Gasteiger partial charge is 0.392 e. The molecule has 5 heteroatoms. The average Bonchev–Trinajstić information content (AvgIpc) is 2.60. The predicted octanol–water partition coefficient (Wildman–Crippen LogP) is 0.922. The molecule has 1 heterocycles. The number of rotatable bonds is 5. The van der Waals surface area contributed by atoms with E-state index >= 15 is 0 Å². The summed E-state index contributed by atoms with van der Waals surface area (Å²) in [6.45, 7) is 4.37. The molecule has 0 aromatic carbocycles. The van der Waals surface area contributed by atoms with Crippen LogP contribution in [0.2, 0.25) is 0 Å². The lowest BCUT2D eigenvalue weighted by molar-refractivity contribution is 0.196. The first-order chi connectivity index (χ1) is 7.04. The second kappa shape index (κ2) is 5.53. The fraction of sp³-hybridized carbons (Fsp3) is 0.700. The van der Waals surface area contributed by atoms with Crippen molar-refractivity contribution >= 4 is 11.8 Å². The highest BCUT2D eigenvalue weighted by Crippen LogP contribution is 2.32. The van der Waals surface area contributed by atoms with Crippen molar-refractivity contribution in [2.45, 2.75) is 30.5 Å². The van der Waals surface area contributed by atoms with E-state index in [-0.39, 0.29) is 16.6 Å². The minimum atomic E-state index is -0.319. The lowest BCUT2D eigenvalue weighted by Crippen LogP contribution is -2.19. The Balaban J connectivity index is 2.64. The van der Waals surface area contributed by atoms with Crippen molar-refractivity contribution in [2.24, 2.45) is 12.8 Å². The molecule has 0 saturated heterocycles. The highest BCUT2D eigenvalue weighted by Gasteiger charge is 2.18. The smallest absolute Gasteiger partial charge is 0.0628 e. The van der Waals surface area contributed by atoms with Crippen molar-refractivity contribution in [3.63, 3.8) is 0 Å². The molecule has 1 rings (SSSR count). The van der Waals surface area contributed by atoms with Gasteiger partial charge < -0.3 is 10.8 Å². The van der Waals surface area contributed by atoms with E-state index in [0.717, 1.165) is 5.56 Å². The van der Waals surface area contributed by atoms with E-state index in [1.54, 1.807) is 23.4 Å². The molecular weight excluding hydrogens is 210 g/mol. The number of hydrogen-bond donors (Lipinski definition) is 2. The molecule has 3 atom stereocenters. The molecule has 0 saturated carbocycles. The van der Waals surface area contributed by atoms with Gasteiger partial charge in [-0.25, -0.2) is 0 Å². The predicted molar refractivity (Wildman–Crippen MR) is 63.7 cm³/mol. The number of aromatic nitrogens is 2. The molecule has 0 amide bonds. The van der Waals surface area contributed by atoms with Gasteiger partial charge in [0.2, 0.25) is 0 Å². The molecule has 0 spiro atoms. The number of aliphatic hydroxyl groups excluding tert-OH is 1.